The van der Waals surface area contributed by atoms with E-state index in [4.69, 9.17) is 0 Å². The topological polar surface area (TPSA) is 168 Å². The van der Waals surface area contributed by atoms with Gasteiger partial charge in [0, 0.05) is 32.1 Å². The Morgan fingerprint density at radius 2 is 1.94 bits per heavy atom. The van der Waals surface area contributed by atoms with Crippen molar-refractivity contribution in [1.29, 1.82) is 0 Å². The Balaban J connectivity index is 1.34. The van der Waals surface area contributed by atoms with E-state index in [2.05, 4.69) is 29.8 Å². The molecule has 4 rings (SSSR count). The molecule has 3 fully saturated rings. The first kappa shape index (κ1) is 37.3. The lowest BCUT2D eigenvalue weighted by molar-refractivity contribution is -0.143. The van der Waals surface area contributed by atoms with Crippen LogP contribution in [-0.2, 0) is 19.6 Å². The van der Waals surface area contributed by atoms with Crippen LogP contribution >= 0.6 is 11.3 Å². The SMILES string of the molecule is CCCCC/C=C\C1C[C@]1(NC(O)[C@@H]1CCCN1C(=O)CNC(=O)NC(CN(C)S(=O)(=O)c1cccs1)C1(C)CCCCC1)C(=O)O. The number of likely N-dealkylation sites (N-methyl/N-ethyl adjacent to an activating group) is 1. The van der Waals surface area contributed by atoms with Crippen LogP contribution in [0.2, 0.25) is 0 Å². The van der Waals surface area contributed by atoms with Crippen LogP contribution in [0, 0.1) is 11.3 Å². The summed E-state index contributed by atoms with van der Waals surface area (Å²) in [6.45, 7) is 4.37. The Bertz CT molecular complexity index is 1350. The number of hydrogen-bond donors (Lipinski definition) is 5. The minimum Gasteiger partial charge on any atom is -0.480 e. The number of likely N-dealkylation sites (tertiary alicyclic amines) is 1. The summed E-state index contributed by atoms with van der Waals surface area (Å²) < 4.78 is 27.9. The maximum absolute atomic E-state index is 13.3. The first-order valence-corrected chi connectivity index (χ1v) is 19.4. The maximum atomic E-state index is 13.3. The van der Waals surface area contributed by atoms with Crippen molar-refractivity contribution >= 4 is 39.3 Å². The minimum absolute atomic E-state index is 0.0877. The normalized spacial score (nSPS) is 25.5. The number of carbonyl (C=O) groups is 3. The number of aliphatic carboxylic acids is 1. The number of sulfonamides is 1. The zero-order valence-electron chi connectivity index (χ0n) is 27.9. The highest BCUT2D eigenvalue weighted by molar-refractivity contribution is 7.91. The van der Waals surface area contributed by atoms with Crippen molar-refractivity contribution in [2.45, 2.75) is 119 Å². The second kappa shape index (κ2) is 16.3. The van der Waals surface area contributed by atoms with Gasteiger partial charge in [-0.15, -0.1) is 11.3 Å². The van der Waals surface area contributed by atoms with E-state index in [9.17, 15) is 33.0 Å². The Kier molecular flexibility index (Phi) is 12.9. The number of carboxylic acid groups (broad SMARTS) is 1. The summed E-state index contributed by atoms with van der Waals surface area (Å²) in [5, 5.41) is 31.4. The zero-order chi connectivity index (χ0) is 34.2. The number of hydrogen-bond acceptors (Lipinski definition) is 8. The molecule has 0 bridgehead atoms. The predicted octanol–water partition coefficient (Wildman–Crippen LogP) is 3.89. The van der Waals surface area contributed by atoms with Crippen LogP contribution in [0.25, 0.3) is 0 Å². The summed E-state index contributed by atoms with van der Waals surface area (Å²) in [6.07, 6.45) is 13.1. The Morgan fingerprint density at radius 3 is 2.60 bits per heavy atom. The first-order chi connectivity index (χ1) is 22.3. The van der Waals surface area contributed by atoms with Crippen molar-refractivity contribution in [2.24, 2.45) is 11.3 Å². The quantitative estimate of drug-likeness (QED) is 0.0930. The predicted molar refractivity (Wildman–Crippen MR) is 181 cm³/mol. The van der Waals surface area contributed by atoms with Crippen LogP contribution < -0.4 is 16.0 Å². The molecule has 47 heavy (non-hydrogen) atoms. The van der Waals surface area contributed by atoms with E-state index >= 15 is 0 Å². The van der Waals surface area contributed by atoms with Gasteiger partial charge in [-0.05, 0) is 61.8 Å². The lowest BCUT2D eigenvalue weighted by Crippen LogP contribution is -2.58. The number of nitrogens with one attached hydrogen (secondary N) is 3. The Morgan fingerprint density at radius 1 is 1.19 bits per heavy atom. The number of carbonyl (C=O) groups excluding carboxylic acids is 2. The lowest BCUT2D eigenvalue weighted by atomic mass is 9.70. The molecule has 2 saturated carbocycles. The number of urea groups is 1. The molecule has 5 N–H and O–H groups in total. The Labute approximate surface area is 283 Å². The molecule has 3 aliphatic rings. The van der Waals surface area contributed by atoms with E-state index in [0.29, 0.717) is 25.8 Å². The molecule has 1 aromatic heterocycles. The van der Waals surface area contributed by atoms with Crippen molar-refractivity contribution in [1.82, 2.24) is 25.2 Å². The van der Waals surface area contributed by atoms with E-state index in [-0.39, 0.29) is 34.5 Å². The summed E-state index contributed by atoms with van der Waals surface area (Å²) in [5.74, 6) is -1.64. The number of aliphatic hydroxyl groups is 1. The highest BCUT2D eigenvalue weighted by atomic mass is 32.2. The van der Waals surface area contributed by atoms with E-state index in [1.807, 2.05) is 12.2 Å². The number of allylic oxidation sites excluding steroid dienone is 1. The fourth-order valence-electron chi connectivity index (χ4n) is 7.09. The van der Waals surface area contributed by atoms with Gasteiger partial charge in [-0.3, -0.25) is 14.9 Å². The third-order valence-corrected chi connectivity index (χ3v) is 13.5. The van der Waals surface area contributed by atoms with Gasteiger partial charge in [0.25, 0.3) is 10.0 Å². The van der Waals surface area contributed by atoms with Gasteiger partial charge in [0.1, 0.15) is 16.0 Å². The number of nitrogens with zero attached hydrogens (tertiary/aromatic N) is 2. The molecule has 264 valence electrons. The number of carboxylic acids is 1. The average molecular weight is 696 g/mol. The fraction of sp³-hybridized carbons (Fsp3) is 0.727. The largest absolute Gasteiger partial charge is 0.480 e. The molecular formula is C33H53N5O7S2. The molecular weight excluding hydrogens is 643 g/mol. The summed E-state index contributed by atoms with van der Waals surface area (Å²) in [6, 6.07) is 1.58. The molecule has 0 aromatic carbocycles. The van der Waals surface area contributed by atoms with Crippen LogP contribution in [0.3, 0.4) is 0 Å². The second-order valence-corrected chi connectivity index (χ2v) is 16.9. The third-order valence-electron chi connectivity index (χ3n) is 10.3. The highest BCUT2D eigenvalue weighted by Crippen LogP contribution is 2.46. The second-order valence-electron chi connectivity index (χ2n) is 13.7. The summed E-state index contributed by atoms with van der Waals surface area (Å²) in [5.41, 5.74) is -1.58. The molecule has 1 saturated heterocycles. The molecule has 3 amide bonds. The lowest BCUT2D eigenvalue weighted by Gasteiger charge is -2.42. The number of aliphatic hydroxyl groups excluding tert-OH is 1. The summed E-state index contributed by atoms with van der Waals surface area (Å²) >= 11 is 1.15. The molecule has 2 aliphatic carbocycles. The minimum atomic E-state index is -3.72. The van der Waals surface area contributed by atoms with E-state index < -0.39 is 45.9 Å². The Hall–Kier alpha value is -2.52. The smallest absolute Gasteiger partial charge is 0.324 e. The van der Waals surface area contributed by atoms with E-state index in [1.54, 1.807) is 17.5 Å². The maximum Gasteiger partial charge on any atom is 0.324 e. The molecule has 5 atom stereocenters. The summed E-state index contributed by atoms with van der Waals surface area (Å²) in [7, 11) is -2.20. The van der Waals surface area contributed by atoms with E-state index in [0.717, 1.165) is 69.1 Å². The van der Waals surface area contributed by atoms with Gasteiger partial charge in [-0.1, -0.05) is 64.2 Å². The van der Waals surface area contributed by atoms with Gasteiger partial charge in [-0.25, -0.2) is 13.2 Å². The number of rotatable bonds is 17. The van der Waals surface area contributed by atoms with Crippen LogP contribution in [0.1, 0.15) is 90.9 Å². The number of unbranched alkanes of at least 4 members (excludes halogenated alkanes) is 3. The summed E-state index contributed by atoms with van der Waals surface area (Å²) in [4.78, 5) is 40.2. The molecule has 1 aromatic rings. The average Bonchev–Trinajstić information content (AvgIpc) is 3.41. The van der Waals surface area contributed by atoms with Crippen molar-refractivity contribution in [3.63, 3.8) is 0 Å². The zero-order valence-corrected chi connectivity index (χ0v) is 29.6. The van der Waals surface area contributed by atoms with Gasteiger partial charge >= 0.3 is 12.0 Å². The van der Waals surface area contributed by atoms with Crippen molar-refractivity contribution in [2.75, 3.05) is 26.7 Å². The van der Waals surface area contributed by atoms with Gasteiger partial charge in [0.15, 0.2) is 0 Å². The molecule has 14 heteroatoms. The monoisotopic (exact) mass is 695 g/mol. The molecule has 0 radical (unpaired) electrons. The molecule has 2 heterocycles. The molecule has 3 unspecified atom stereocenters. The van der Waals surface area contributed by atoms with Crippen molar-refractivity contribution in [3.8, 4) is 0 Å². The van der Waals surface area contributed by atoms with Gasteiger partial charge < -0.3 is 25.7 Å². The van der Waals surface area contributed by atoms with Gasteiger partial charge in [0.05, 0.1) is 12.6 Å². The number of thiophene rings is 1. The molecule has 0 spiro atoms. The van der Waals surface area contributed by atoms with E-state index in [1.165, 1.54) is 16.3 Å². The fourth-order valence-corrected chi connectivity index (χ4v) is 9.48. The van der Waals surface area contributed by atoms with Gasteiger partial charge in [0.2, 0.25) is 5.91 Å². The molecule has 1 aliphatic heterocycles. The van der Waals surface area contributed by atoms with Crippen molar-refractivity contribution in [3.05, 3.63) is 29.7 Å². The van der Waals surface area contributed by atoms with Crippen LogP contribution in [0.4, 0.5) is 4.79 Å². The first-order valence-electron chi connectivity index (χ1n) is 17.0. The van der Waals surface area contributed by atoms with Crippen LogP contribution in [0.15, 0.2) is 33.9 Å². The van der Waals surface area contributed by atoms with Crippen LogP contribution in [0.5, 0.6) is 0 Å². The standard InChI is InChI=1S/C33H53N5O7S2/c1-4-5-6-7-9-14-24-21-33(24,30(41)42)36-29(40)25-15-12-19-38(25)27(39)22-34-31(43)35-26(32(2)17-10-8-11-18-32)23-37(3)47(44,45)28-16-13-20-46-28/h9,13-14,16,20,24-26,29,36,40H,4-8,10-12,15,17-19,21-23H2,1-3H3,(H,41,42)(H2,34,35,43)/b14-9-/t24?,25-,26?,29?,33+/m0/s1. The highest BCUT2D eigenvalue weighted by Gasteiger charge is 2.60. The van der Waals surface area contributed by atoms with Crippen LogP contribution in [-0.4, -0.2) is 96.3 Å². The van der Waals surface area contributed by atoms with Crippen molar-refractivity contribution < 1.29 is 33.0 Å². The molecule has 12 nitrogen and oxygen atoms in total. The number of amides is 3. The van der Waals surface area contributed by atoms with Gasteiger partial charge in [-0.2, -0.15) is 4.31 Å². The third kappa shape index (κ3) is 9.14.